The SMILES string of the molecule is C/C(=N\NC(=O)COc1ccc(C#N)cc1)c1cc2ccccc2o1. The number of hydrazone groups is 1. The maximum Gasteiger partial charge on any atom is 0.277 e. The van der Waals surface area contributed by atoms with Gasteiger partial charge >= 0.3 is 0 Å². The summed E-state index contributed by atoms with van der Waals surface area (Å²) in [4.78, 5) is 11.8. The number of nitrogens with zero attached hydrogens (tertiary/aromatic N) is 2. The lowest BCUT2D eigenvalue weighted by Gasteiger charge is -2.05. The third kappa shape index (κ3) is 4.03. The molecule has 0 atom stereocenters. The second-order valence-electron chi connectivity index (χ2n) is 5.31. The van der Waals surface area contributed by atoms with Crippen molar-refractivity contribution < 1.29 is 13.9 Å². The molecule has 6 nitrogen and oxygen atoms in total. The van der Waals surface area contributed by atoms with E-state index >= 15 is 0 Å². The number of hydrogen-bond donors (Lipinski definition) is 1. The molecule has 1 amide bonds. The molecule has 1 N–H and O–H groups in total. The molecular weight excluding hydrogens is 318 g/mol. The zero-order chi connectivity index (χ0) is 17.6. The molecule has 124 valence electrons. The molecule has 6 heteroatoms. The molecule has 1 aromatic heterocycles. The Labute approximate surface area is 144 Å². The van der Waals surface area contributed by atoms with Crippen LogP contribution in [-0.4, -0.2) is 18.2 Å². The highest BCUT2D eigenvalue weighted by molar-refractivity contribution is 6.00. The van der Waals surface area contributed by atoms with Crippen LogP contribution in [0.5, 0.6) is 5.75 Å². The molecule has 0 unspecified atom stereocenters. The standard InChI is InChI=1S/C19H15N3O3/c1-13(18-10-15-4-2-3-5-17(15)25-18)21-22-19(23)12-24-16-8-6-14(11-20)7-9-16/h2-10H,12H2,1H3,(H,22,23)/b21-13+. The van der Waals surface area contributed by atoms with E-state index in [2.05, 4.69) is 10.5 Å². The van der Waals surface area contributed by atoms with Gasteiger partial charge in [0, 0.05) is 5.39 Å². The molecule has 0 radical (unpaired) electrons. The van der Waals surface area contributed by atoms with Gasteiger partial charge in [0.2, 0.25) is 0 Å². The topological polar surface area (TPSA) is 87.6 Å². The number of nitriles is 1. The van der Waals surface area contributed by atoms with Crippen LogP contribution in [0.2, 0.25) is 0 Å². The maximum absolute atomic E-state index is 11.8. The number of nitrogens with one attached hydrogen (secondary N) is 1. The van der Waals surface area contributed by atoms with Gasteiger partial charge in [0.05, 0.1) is 11.6 Å². The van der Waals surface area contributed by atoms with Gasteiger partial charge < -0.3 is 9.15 Å². The predicted molar refractivity (Wildman–Crippen MR) is 93.2 cm³/mol. The summed E-state index contributed by atoms with van der Waals surface area (Å²) in [7, 11) is 0. The number of hydrogen-bond acceptors (Lipinski definition) is 5. The summed E-state index contributed by atoms with van der Waals surface area (Å²) in [5.41, 5.74) is 4.28. The Morgan fingerprint density at radius 3 is 2.72 bits per heavy atom. The molecule has 0 saturated heterocycles. The first-order chi connectivity index (χ1) is 12.2. The largest absolute Gasteiger partial charge is 0.484 e. The molecule has 25 heavy (non-hydrogen) atoms. The number of ether oxygens (including phenoxy) is 1. The number of benzene rings is 2. The molecule has 0 aliphatic carbocycles. The molecule has 0 bridgehead atoms. The van der Waals surface area contributed by atoms with Crippen LogP contribution >= 0.6 is 0 Å². The smallest absolute Gasteiger partial charge is 0.277 e. The van der Waals surface area contributed by atoms with Gasteiger partial charge in [-0.2, -0.15) is 10.4 Å². The van der Waals surface area contributed by atoms with Crippen LogP contribution in [0.3, 0.4) is 0 Å². The van der Waals surface area contributed by atoms with Crippen molar-refractivity contribution in [3.8, 4) is 11.8 Å². The fourth-order valence-electron chi connectivity index (χ4n) is 2.17. The van der Waals surface area contributed by atoms with Crippen molar-refractivity contribution in [1.82, 2.24) is 5.43 Å². The maximum atomic E-state index is 11.8. The molecular formula is C19H15N3O3. The van der Waals surface area contributed by atoms with Crippen LogP contribution in [0.15, 0.2) is 64.1 Å². The summed E-state index contributed by atoms with van der Waals surface area (Å²) in [5.74, 6) is 0.710. The first-order valence-corrected chi connectivity index (χ1v) is 7.61. The van der Waals surface area contributed by atoms with Gasteiger partial charge in [-0.05, 0) is 43.3 Å². The van der Waals surface area contributed by atoms with Crippen LogP contribution in [0.25, 0.3) is 11.0 Å². The summed E-state index contributed by atoms with van der Waals surface area (Å²) >= 11 is 0. The third-order valence-corrected chi connectivity index (χ3v) is 3.48. The molecule has 3 rings (SSSR count). The van der Waals surface area contributed by atoms with Crippen LogP contribution in [-0.2, 0) is 4.79 Å². The fourth-order valence-corrected chi connectivity index (χ4v) is 2.17. The average Bonchev–Trinajstić information content (AvgIpc) is 3.09. The molecule has 0 aliphatic heterocycles. The minimum atomic E-state index is -0.389. The van der Waals surface area contributed by atoms with Crippen molar-refractivity contribution >= 4 is 22.6 Å². The van der Waals surface area contributed by atoms with Crippen molar-refractivity contribution in [3.05, 3.63) is 65.9 Å². The molecule has 0 saturated carbocycles. The molecule has 2 aromatic carbocycles. The van der Waals surface area contributed by atoms with Gasteiger partial charge in [-0.15, -0.1) is 0 Å². The Morgan fingerprint density at radius 1 is 1.24 bits per heavy atom. The lowest BCUT2D eigenvalue weighted by atomic mass is 10.2. The first-order valence-electron chi connectivity index (χ1n) is 7.61. The van der Waals surface area contributed by atoms with Gasteiger partial charge in [0.25, 0.3) is 5.91 Å². The van der Waals surface area contributed by atoms with E-state index < -0.39 is 0 Å². The van der Waals surface area contributed by atoms with E-state index in [1.807, 2.05) is 36.4 Å². The number of para-hydroxylation sites is 1. The molecule has 0 aliphatic rings. The van der Waals surface area contributed by atoms with Gasteiger partial charge in [-0.25, -0.2) is 5.43 Å². The van der Waals surface area contributed by atoms with Crippen molar-refractivity contribution in [2.24, 2.45) is 5.10 Å². The lowest BCUT2D eigenvalue weighted by molar-refractivity contribution is -0.123. The number of amides is 1. The Kier molecular flexibility index (Phi) is 4.77. The molecule has 1 heterocycles. The zero-order valence-corrected chi connectivity index (χ0v) is 13.5. The minimum Gasteiger partial charge on any atom is -0.484 e. The Bertz CT molecular complexity index is 932. The van der Waals surface area contributed by atoms with Crippen LogP contribution < -0.4 is 10.2 Å². The summed E-state index contributed by atoms with van der Waals surface area (Å²) < 4.78 is 11.0. The van der Waals surface area contributed by atoms with E-state index in [-0.39, 0.29) is 12.5 Å². The third-order valence-electron chi connectivity index (χ3n) is 3.48. The van der Waals surface area contributed by atoms with E-state index in [4.69, 9.17) is 14.4 Å². The monoisotopic (exact) mass is 333 g/mol. The summed E-state index contributed by atoms with van der Waals surface area (Å²) in [5, 5.41) is 13.7. The Hall–Kier alpha value is -3.59. The van der Waals surface area contributed by atoms with E-state index in [0.717, 1.165) is 11.0 Å². The van der Waals surface area contributed by atoms with E-state index in [9.17, 15) is 4.79 Å². The van der Waals surface area contributed by atoms with Crippen molar-refractivity contribution in [1.29, 1.82) is 5.26 Å². The normalized spacial score (nSPS) is 11.1. The fraction of sp³-hybridized carbons (Fsp3) is 0.105. The van der Waals surface area contributed by atoms with Gasteiger partial charge in [-0.3, -0.25) is 4.79 Å². The highest BCUT2D eigenvalue weighted by Gasteiger charge is 2.07. The van der Waals surface area contributed by atoms with Gasteiger partial charge in [0.1, 0.15) is 17.0 Å². The lowest BCUT2D eigenvalue weighted by Crippen LogP contribution is -2.25. The molecule has 0 fully saturated rings. The highest BCUT2D eigenvalue weighted by atomic mass is 16.5. The van der Waals surface area contributed by atoms with E-state index in [0.29, 0.717) is 22.8 Å². The number of rotatable bonds is 5. The zero-order valence-electron chi connectivity index (χ0n) is 13.5. The molecule has 3 aromatic rings. The summed E-state index contributed by atoms with van der Waals surface area (Å²) in [6.45, 7) is 1.57. The minimum absolute atomic E-state index is 0.178. The van der Waals surface area contributed by atoms with Gasteiger partial charge in [-0.1, -0.05) is 18.2 Å². The Balaban J connectivity index is 1.56. The highest BCUT2D eigenvalue weighted by Crippen LogP contribution is 2.19. The van der Waals surface area contributed by atoms with Crippen LogP contribution in [0.4, 0.5) is 0 Å². The number of carbonyl (C=O) groups is 1. The van der Waals surface area contributed by atoms with Crippen molar-refractivity contribution in [2.75, 3.05) is 6.61 Å². The summed E-state index contributed by atoms with van der Waals surface area (Å²) in [6, 6.07) is 18.0. The van der Waals surface area contributed by atoms with Crippen LogP contribution in [0.1, 0.15) is 18.2 Å². The second kappa shape index (κ2) is 7.32. The van der Waals surface area contributed by atoms with E-state index in [1.165, 1.54) is 0 Å². The average molecular weight is 333 g/mol. The number of fused-ring (bicyclic) bond motifs is 1. The van der Waals surface area contributed by atoms with Gasteiger partial charge in [0.15, 0.2) is 12.4 Å². The number of furan rings is 1. The number of carbonyl (C=O) groups excluding carboxylic acids is 1. The van der Waals surface area contributed by atoms with Crippen molar-refractivity contribution in [3.63, 3.8) is 0 Å². The molecule has 0 spiro atoms. The first kappa shape index (κ1) is 16.3. The van der Waals surface area contributed by atoms with Crippen LogP contribution in [0, 0.1) is 11.3 Å². The Morgan fingerprint density at radius 2 is 2.00 bits per heavy atom. The summed E-state index contributed by atoms with van der Waals surface area (Å²) in [6.07, 6.45) is 0. The van der Waals surface area contributed by atoms with E-state index in [1.54, 1.807) is 31.2 Å². The predicted octanol–water partition coefficient (Wildman–Crippen LogP) is 3.22. The second-order valence-corrected chi connectivity index (χ2v) is 5.31. The van der Waals surface area contributed by atoms with Crippen molar-refractivity contribution in [2.45, 2.75) is 6.92 Å². The quantitative estimate of drug-likeness (QED) is 0.573.